The standard InChI is InChI=1S/C25H31N7O2/c1-14(2)21(26)13-25(24-29-31-32-30-24)19-9-7-17(22(33)27-3)11-15(19)5-6-16-12-18(23(34)28-4)8-10-20(16)25/h7-12,14,21H,5-6,13,26H2,1-4H3,(H,27,33)(H,28,34)(H,29,30,31,32)/t21-/m1/s1. The maximum absolute atomic E-state index is 12.4. The van der Waals surface area contributed by atoms with Gasteiger partial charge in [0.25, 0.3) is 11.8 Å². The van der Waals surface area contributed by atoms with Gasteiger partial charge in [-0.1, -0.05) is 26.0 Å². The topological polar surface area (TPSA) is 139 Å². The molecule has 34 heavy (non-hydrogen) atoms. The molecule has 0 radical (unpaired) electrons. The second kappa shape index (κ2) is 9.34. The Labute approximate surface area is 198 Å². The summed E-state index contributed by atoms with van der Waals surface area (Å²) in [6, 6.07) is 11.4. The van der Waals surface area contributed by atoms with Gasteiger partial charge in [-0.25, -0.2) is 5.10 Å². The summed E-state index contributed by atoms with van der Waals surface area (Å²) in [5, 5.41) is 20.6. The lowest BCUT2D eigenvalue weighted by atomic mass is 9.66. The lowest BCUT2D eigenvalue weighted by molar-refractivity contribution is 0.0955. The predicted octanol–water partition coefficient (Wildman–Crippen LogP) is 1.73. The number of nitrogens with one attached hydrogen (secondary N) is 3. The summed E-state index contributed by atoms with van der Waals surface area (Å²) in [6.07, 6.45) is 1.95. The van der Waals surface area contributed by atoms with Crippen molar-refractivity contribution >= 4 is 11.8 Å². The van der Waals surface area contributed by atoms with Gasteiger partial charge in [0.15, 0.2) is 5.82 Å². The molecule has 2 aromatic carbocycles. The minimum atomic E-state index is -0.767. The Morgan fingerprint density at radius 1 is 1.00 bits per heavy atom. The molecule has 0 fully saturated rings. The smallest absolute Gasteiger partial charge is 0.251 e. The van der Waals surface area contributed by atoms with Gasteiger partial charge in [0.1, 0.15) is 0 Å². The summed E-state index contributed by atoms with van der Waals surface area (Å²) in [6.45, 7) is 4.19. The Morgan fingerprint density at radius 2 is 1.53 bits per heavy atom. The van der Waals surface area contributed by atoms with E-state index in [0.717, 1.165) is 22.3 Å². The molecule has 3 aromatic rings. The molecule has 1 aliphatic carbocycles. The first-order chi connectivity index (χ1) is 16.3. The number of carbonyl (C=O) groups is 2. The molecule has 0 spiro atoms. The highest BCUT2D eigenvalue weighted by molar-refractivity contribution is 5.95. The molecule has 0 aliphatic heterocycles. The van der Waals surface area contributed by atoms with E-state index in [1.54, 1.807) is 14.1 Å². The monoisotopic (exact) mass is 461 g/mol. The molecule has 5 N–H and O–H groups in total. The molecular formula is C25H31N7O2. The zero-order valence-electron chi connectivity index (χ0n) is 20.0. The molecule has 9 heteroatoms. The molecule has 1 aromatic heterocycles. The van der Waals surface area contributed by atoms with Gasteiger partial charge in [-0.3, -0.25) is 9.59 Å². The Balaban J connectivity index is 2.03. The van der Waals surface area contributed by atoms with Crippen molar-refractivity contribution in [3.8, 4) is 0 Å². The molecular weight excluding hydrogens is 430 g/mol. The first-order valence-electron chi connectivity index (χ1n) is 11.5. The number of nitrogens with zero attached hydrogens (tertiary/aromatic N) is 3. The van der Waals surface area contributed by atoms with Crippen LogP contribution in [0.25, 0.3) is 0 Å². The van der Waals surface area contributed by atoms with Crippen molar-refractivity contribution in [1.29, 1.82) is 0 Å². The molecule has 0 saturated carbocycles. The molecule has 178 valence electrons. The highest BCUT2D eigenvalue weighted by Gasteiger charge is 2.45. The van der Waals surface area contributed by atoms with Crippen LogP contribution in [0, 0.1) is 5.92 Å². The van der Waals surface area contributed by atoms with Crippen LogP contribution in [-0.4, -0.2) is 52.6 Å². The normalized spacial score (nSPS) is 15.1. The van der Waals surface area contributed by atoms with Gasteiger partial charge < -0.3 is 16.4 Å². The number of carbonyl (C=O) groups excluding carboxylic acids is 2. The van der Waals surface area contributed by atoms with Crippen LogP contribution in [0.4, 0.5) is 0 Å². The van der Waals surface area contributed by atoms with E-state index in [-0.39, 0.29) is 23.8 Å². The molecule has 4 rings (SSSR count). The highest BCUT2D eigenvalue weighted by atomic mass is 16.2. The van der Waals surface area contributed by atoms with Crippen LogP contribution >= 0.6 is 0 Å². The molecule has 2 amide bonds. The van der Waals surface area contributed by atoms with Crippen molar-refractivity contribution in [3.05, 3.63) is 75.6 Å². The van der Waals surface area contributed by atoms with Crippen molar-refractivity contribution in [1.82, 2.24) is 31.3 Å². The van der Waals surface area contributed by atoms with Gasteiger partial charge in [0.05, 0.1) is 5.41 Å². The van der Waals surface area contributed by atoms with Crippen molar-refractivity contribution in [3.63, 3.8) is 0 Å². The number of nitrogens with two attached hydrogens (primary N) is 1. The third-order valence-electron chi connectivity index (χ3n) is 6.92. The molecule has 1 aliphatic rings. The van der Waals surface area contributed by atoms with E-state index in [4.69, 9.17) is 5.73 Å². The van der Waals surface area contributed by atoms with E-state index in [0.29, 0.717) is 36.2 Å². The van der Waals surface area contributed by atoms with Crippen molar-refractivity contribution in [2.45, 2.75) is 44.6 Å². The van der Waals surface area contributed by atoms with E-state index in [9.17, 15) is 9.59 Å². The van der Waals surface area contributed by atoms with Crippen molar-refractivity contribution in [2.24, 2.45) is 11.7 Å². The lowest BCUT2D eigenvalue weighted by Gasteiger charge is -2.37. The zero-order chi connectivity index (χ0) is 24.5. The average molecular weight is 462 g/mol. The van der Waals surface area contributed by atoms with Gasteiger partial charge in [-0.05, 0) is 82.1 Å². The first kappa shape index (κ1) is 23.6. The fraction of sp³-hybridized carbons (Fsp3) is 0.400. The van der Waals surface area contributed by atoms with Crippen LogP contribution in [0.1, 0.15) is 69.1 Å². The van der Waals surface area contributed by atoms with Gasteiger partial charge in [-0.15, -0.1) is 5.10 Å². The number of hydrogen-bond acceptors (Lipinski definition) is 6. The summed E-state index contributed by atoms with van der Waals surface area (Å²) in [5.41, 5.74) is 11.2. The van der Waals surface area contributed by atoms with Gasteiger partial charge in [0.2, 0.25) is 0 Å². The fourth-order valence-corrected chi connectivity index (χ4v) is 4.92. The number of H-pyrrole nitrogens is 1. The van der Waals surface area contributed by atoms with E-state index in [2.05, 4.69) is 45.1 Å². The minimum Gasteiger partial charge on any atom is -0.355 e. The van der Waals surface area contributed by atoms with Crippen LogP contribution in [0.5, 0.6) is 0 Å². The SMILES string of the molecule is CNC(=O)c1ccc2c(c1)CCc1cc(C(=O)NC)ccc1C2(C[C@@H](N)C(C)C)c1nnn[nH]1. The van der Waals surface area contributed by atoms with E-state index in [1.807, 2.05) is 36.4 Å². The van der Waals surface area contributed by atoms with Crippen LogP contribution in [-0.2, 0) is 18.3 Å². The number of aromatic amines is 1. The molecule has 1 atom stereocenters. The summed E-state index contributed by atoms with van der Waals surface area (Å²) < 4.78 is 0. The summed E-state index contributed by atoms with van der Waals surface area (Å²) in [4.78, 5) is 24.8. The van der Waals surface area contributed by atoms with Gasteiger partial charge in [0, 0.05) is 31.3 Å². The molecule has 0 unspecified atom stereocenters. The number of aryl methyl sites for hydroxylation is 2. The summed E-state index contributed by atoms with van der Waals surface area (Å²) >= 11 is 0. The molecule has 1 heterocycles. The van der Waals surface area contributed by atoms with E-state index in [1.165, 1.54) is 0 Å². The number of amides is 2. The van der Waals surface area contributed by atoms with E-state index < -0.39 is 5.41 Å². The maximum Gasteiger partial charge on any atom is 0.251 e. The summed E-state index contributed by atoms with van der Waals surface area (Å²) in [5.74, 6) is 0.529. The maximum atomic E-state index is 12.4. The Hall–Kier alpha value is -3.59. The van der Waals surface area contributed by atoms with Crippen LogP contribution in [0.2, 0.25) is 0 Å². The molecule has 0 bridgehead atoms. The predicted molar refractivity (Wildman–Crippen MR) is 129 cm³/mol. The molecule has 9 nitrogen and oxygen atoms in total. The average Bonchev–Trinajstić information content (AvgIpc) is 3.36. The Kier molecular flexibility index (Phi) is 6.47. The quantitative estimate of drug-likeness (QED) is 0.441. The van der Waals surface area contributed by atoms with Gasteiger partial charge >= 0.3 is 0 Å². The largest absolute Gasteiger partial charge is 0.355 e. The number of tetrazole rings is 1. The van der Waals surface area contributed by atoms with Gasteiger partial charge in [-0.2, -0.15) is 0 Å². The second-order valence-electron chi connectivity index (χ2n) is 9.17. The van der Waals surface area contributed by atoms with Crippen LogP contribution in [0.15, 0.2) is 36.4 Å². The van der Waals surface area contributed by atoms with E-state index >= 15 is 0 Å². The first-order valence-corrected chi connectivity index (χ1v) is 11.5. The van der Waals surface area contributed by atoms with Crippen molar-refractivity contribution < 1.29 is 9.59 Å². The Bertz CT molecular complexity index is 1140. The highest BCUT2D eigenvalue weighted by Crippen LogP contribution is 2.47. The summed E-state index contributed by atoms with van der Waals surface area (Å²) in [7, 11) is 3.24. The fourth-order valence-electron chi connectivity index (χ4n) is 4.92. The number of hydrogen-bond donors (Lipinski definition) is 4. The Morgan fingerprint density at radius 3 is 1.94 bits per heavy atom. The molecule has 0 saturated heterocycles. The zero-order valence-corrected chi connectivity index (χ0v) is 20.0. The second-order valence-corrected chi connectivity index (χ2v) is 9.17. The third kappa shape index (κ3) is 3.96. The number of aromatic nitrogens is 4. The number of fused-ring (bicyclic) bond motifs is 2. The lowest BCUT2D eigenvalue weighted by Crippen LogP contribution is -2.41. The van der Waals surface area contributed by atoms with Crippen LogP contribution < -0.4 is 16.4 Å². The van der Waals surface area contributed by atoms with Crippen molar-refractivity contribution in [2.75, 3.05) is 14.1 Å². The number of rotatable bonds is 6. The van der Waals surface area contributed by atoms with Crippen LogP contribution in [0.3, 0.4) is 0 Å². The third-order valence-corrected chi connectivity index (χ3v) is 6.92. The minimum absolute atomic E-state index is 0.141. The number of benzene rings is 2.